The summed E-state index contributed by atoms with van der Waals surface area (Å²) >= 11 is 0. The maximum absolute atomic E-state index is 8.70. The van der Waals surface area contributed by atoms with Crippen molar-refractivity contribution in [2.24, 2.45) is 5.92 Å². The fraction of sp³-hybridized carbons (Fsp3) is 1.00. The largest absolute Gasteiger partial charge is 0.396 e. The summed E-state index contributed by atoms with van der Waals surface area (Å²) in [6.45, 7) is 4.68. The predicted molar refractivity (Wildman–Crippen MR) is 51.1 cm³/mol. The van der Waals surface area contributed by atoms with Crippen molar-refractivity contribution in [1.82, 2.24) is 5.32 Å². The molecular formula is C10H21NO. The van der Waals surface area contributed by atoms with Gasteiger partial charge in [0.15, 0.2) is 0 Å². The minimum atomic E-state index is 0.296. The highest BCUT2D eigenvalue weighted by Gasteiger charge is 2.23. The van der Waals surface area contributed by atoms with Gasteiger partial charge in [0.05, 0.1) is 0 Å². The Hall–Kier alpha value is -0.0800. The molecule has 72 valence electrons. The number of hydrogen-bond donors (Lipinski definition) is 2. The highest BCUT2D eigenvalue weighted by Crippen LogP contribution is 2.33. The molecule has 1 unspecified atom stereocenters. The molecule has 0 spiro atoms. The van der Waals surface area contributed by atoms with Crippen molar-refractivity contribution >= 4 is 0 Å². The quantitative estimate of drug-likeness (QED) is 0.635. The van der Waals surface area contributed by atoms with E-state index in [-0.39, 0.29) is 0 Å². The second kappa shape index (κ2) is 4.83. The Balaban J connectivity index is 2.02. The van der Waals surface area contributed by atoms with E-state index in [1.54, 1.807) is 0 Å². The van der Waals surface area contributed by atoms with Crippen LogP contribution in [0.25, 0.3) is 0 Å². The van der Waals surface area contributed by atoms with Crippen LogP contribution in [0.15, 0.2) is 0 Å². The van der Waals surface area contributed by atoms with E-state index in [2.05, 4.69) is 19.2 Å². The van der Waals surface area contributed by atoms with Crippen molar-refractivity contribution in [2.75, 3.05) is 6.61 Å². The van der Waals surface area contributed by atoms with Gasteiger partial charge in [0, 0.05) is 18.7 Å². The van der Waals surface area contributed by atoms with Crippen LogP contribution in [0.2, 0.25) is 0 Å². The maximum Gasteiger partial charge on any atom is 0.0445 e. The minimum Gasteiger partial charge on any atom is -0.396 e. The SMILES string of the molecule is CC(CC1CC1)N[C@H](C)CCO. The van der Waals surface area contributed by atoms with E-state index in [1.165, 1.54) is 19.3 Å². The monoisotopic (exact) mass is 171 g/mol. The molecule has 0 aromatic carbocycles. The standard InChI is InChI=1S/C10H21NO/c1-8(5-6-12)11-9(2)7-10-3-4-10/h8-12H,3-7H2,1-2H3/t8-,9?/m1/s1. The molecule has 0 aromatic heterocycles. The zero-order valence-corrected chi connectivity index (χ0v) is 8.21. The normalized spacial score (nSPS) is 22.2. The number of hydrogen-bond acceptors (Lipinski definition) is 2. The van der Waals surface area contributed by atoms with Crippen LogP contribution in [-0.2, 0) is 0 Å². The summed E-state index contributed by atoms with van der Waals surface area (Å²) in [7, 11) is 0. The molecule has 1 aliphatic rings. The molecule has 12 heavy (non-hydrogen) atoms. The van der Waals surface area contributed by atoms with Gasteiger partial charge in [-0.3, -0.25) is 0 Å². The second-order valence-electron chi connectivity index (χ2n) is 4.16. The topological polar surface area (TPSA) is 32.3 Å². The van der Waals surface area contributed by atoms with Gasteiger partial charge >= 0.3 is 0 Å². The average molecular weight is 171 g/mol. The van der Waals surface area contributed by atoms with E-state index >= 15 is 0 Å². The third kappa shape index (κ3) is 4.07. The maximum atomic E-state index is 8.70. The molecule has 2 atom stereocenters. The molecule has 1 aliphatic carbocycles. The van der Waals surface area contributed by atoms with Crippen LogP contribution in [0, 0.1) is 5.92 Å². The Morgan fingerprint density at radius 2 is 2.00 bits per heavy atom. The van der Waals surface area contributed by atoms with Gasteiger partial charge < -0.3 is 10.4 Å². The van der Waals surface area contributed by atoms with Crippen LogP contribution in [0.3, 0.4) is 0 Å². The molecule has 1 rings (SSSR count). The Kier molecular flexibility index (Phi) is 4.02. The van der Waals surface area contributed by atoms with Crippen LogP contribution in [0.5, 0.6) is 0 Å². The number of nitrogens with one attached hydrogen (secondary N) is 1. The smallest absolute Gasteiger partial charge is 0.0445 e. The fourth-order valence-corrected chi connectivity index (χ4v) is 1.68. The van der Waals surface area contributed by atoms with Gasteiger partial charge in [-0.1, -0.05) is 12.8 Å². The average Bonchev–Trinajstić information content (AvgIpc) is 2.71. The molecule has 0 heterocycles. The van der Waals surface area contributed by atoms with Gasteiger partial charge in [0.1, 0.15) is 0 Å². The van der Waals surface area contributed by atoms with Crippen molar-refractivity contribution in [3.8, 4) is 0 Å². The molecule has 1 saturated carbocycles. The fourth-order valence-electron chi connectivity index (χ4n) is 1.68. The molecule has 2 nitrogen and oxygen atoms in total. The zero-order valence-electron chi connectivity index (χ0n) is 8.21. The van der Waals surface area contributed by atoms with Crippen molar-refractivity contribution in [1.29, 1.82) is 0 Å². The summed E-state index contributed by atoms with van der Waals surface area (Å²) in [5.74, 6) is 0.994. The van der Waals surface area contributed by atoms with Crippen molar-refractivity contribution in [2.45, 2.75) is 51.6 Å². The van der Waals surface area contributed by atoms with E-state index in [4.69, 9.17) is 5.11 Å². The third-order valence-electron chi connectivity index (χ3n) is 2.51. The lowest BCUT2D eigenvalue weighted by Gasteiger charge is -2.18. The molecule has 0 aromatic rings. The first-order chi connectivity index (χ1) is 5.72. The highest BCUT2D eigenvalue weighted by molar-refractivity contribution is 4.79. The van der Waals surface area contributed by atoms with Gasteiger partial charge in [-0.2, -0.15) is 0 Å². The van der Waals surface area contributed by atoms with E-state index in [9.17, 15) is 0 Å². The summed E-state index contributed by atoms with van der Waals surface area (Å²) < 4.78 is 0. The first kappa shape index (κ1) is 10.0. The van der Waals surface area contributed by atoms with Crippen molar-refractivity contribution in [3.05, 3.63) is 0 Å². The molecule has 2 heteroatoms. The molecule has 2 N–H and O–H groups in total. The summed E-state index contributed by atoms with van der Waals surface area (Å²) in [5.41, 5.74) is 0. The summed E-state index contributed by atoms with van der Waals surface area (Å²) in [6.07, 6.45) is 5.05. The second-order valence-corrected chi connectivity index (χ2v) is 4.16. The lowest BCUT2D eigenvalue weighted by Crippen LogP contribution is -2.35. The number of rotatable bonds is 6. The van der Waals surface area contributed by atoms with E-state index in [0.717, 1.165) is 12.3 Å². The number of aliphatic hydroxyl groups is 1. The molecule has 0 saturated heterocycles. The lowest BCUT2D eigenvalue weighted by molar-refractivity contribution is 0.262. The van der Waals surface area contributed by atoms with Crippen LogP contribution in [-0.4, -0.2) is 23.8 Å². The van der Waals surface area contributed by atoms with Crippen LogP contribution in [0.1, 0.15) is 39.5 Å². The molecule has 0 radical (unpaired) electrons. The highest BCUT2D eigenvalue weighted by atomic mass is 16.3. The Morgan fingerprint density at radius 3 is 2.50 bits per heavy atom. The van der Waals surface area contributed by atoms with Crippen LogP contribution >= 0.6 is 0 Å². The van der Waals surface area contributed by atoms with Crippen molar-refractivity contribution < 1.29 is 5.11 Å². The summed E-state index contributed by atoms with van der Waals surface area (Å²) in [5, 5.41) is 12.2. The van der Waals surface area contributed by atoms with E-state index in [1.807, 2.05) is 0 Å². The summed E-state index contributed by atoms with van der Waals surface area (Å²) in [4.78, 5) is 0. The van der Waals surface area contributed by atoms with Gasteiger partial charge in [-0.05, 0) is 32.6 Å². The Bertz CT molecular complexity index is 123. The molecule has 1 fully saturated rings. The predicted octanol–water partition coefficient (Wildman–Crippen LogP) is 1.54. The minimum absolute atomic E-state index is 0.296. The first-order valence-corrected chi connectivity index (χ1v) is 5.09. The molecule has 0 amide bonds. The first-order valence-electron chi connectivity index (χ1n) is 5.09. The molecule has 0 aliphatic heterocycles. The molecule has 0 bridgehead atoms. The van der Waals surface area contributed by atoms with Gasteiger partial charge in [0.2, 0.25) is 0 Å². The lowest BCUT2D eigenvalue weighted by atomic mass is 10.1. The van der Waals surface area contributed by atoms with Gasteiger partial charge in [-0.15, -0.1) is 0 Å². The van der Waals surface area contributed by atoms with E-state index in [0.29, 0.717) is 18.7 Å². The third-order valence-corrected chi connectivity index (χ3v) is 2.51. The zero-order chi connectivity index (χ0) is 8.97. The Labute approximate surface area is 75.4 Å². The number of aliphatic hydroxyl groups excluding tert-OH is 1. The van der Waals surface area contributed by atoms with Crippen LogP contribution < -0.4 is 5.32 Å². The molecular weight excluding hydrogens is 150 g/mol. The van der Waals surface area contributed by atoms with Crippen molar-refractivity contribution in [3.63, 3.8) is 0 Å². The summed E-state index contributed by atoms with van der Waals surface area (Å²) in [6, 6.07) is 1.09. The van der Waals surface area contributed by atoms with Crippen LogP contribution in [0.4, 0.5) is 0 Å². The van der Waals surface area contributed by atoms with Gasteiger partial charge in [-0.25, -0.2) is 0 Å². The van der Waals surface area contributed by atoms with E-state index < -0.39 is 0 Å². The Morgan fingerprint density at radius 1 is 1.33 bits per heavy atom. The van der Waals surface area contributed by atoms with Gasteiger partial charge in [0.25, 0.3) is 0 Å².